The quantitative estimate of drug-likeness (QED) is 0.704. The third-order valence-electron chi connectivity index (χ3n) is 2.57. The molecule has 0 aromatic carbocycles. The van der Waals surface area contributed by atoms with E-state index in [1.807, 2.05) is 0 Å². The van der Waals surface area contributed by atoms with Crippen LogP contribution >= 0.6 is 0 Å². The largest absolute Gasteiger partial charge is 0.419 e. The second-order valence-corrected chi connectivity index (χ2v) is 3.65. The highest BCUT2D eigenvalue weighted by molar-refractivity contribution is 5.34. The molecule has 1 aliphatic heterocycles. The van der Waals surface area contributed by atoms with Crippen molar-refractivity contribution in [1.82, 2.24) is 0 Å². The van der Waals surface area contributed by atoms with Crippen LogP contribution in [-0.4, -0.2) is 13.1 Å². The minimum atomic E-state index is -4.26. The van der Waals surface area contributed by atoms with Crippen LogP contribution in [-0.2, 0) is 6.18 Å². The van der Waals surface area contributed by atoms with Gasteiger partial charge in [0.1, 0.15) is 6.20 Å². The van der Waals surface area contributed by atoms with Crippen LogP contribution < -0.4 is 9.88 Å². The molecule has 1 aromatic rings. The van der Waals surface area contributed by atoms with Crippen LogP contribution in [0.2, 0.25) is 0 Å². The number of anilines is 1. The minimum absolute atomic E-state index is 0.634. The van der Waals surface area contributed by atoms with Crippen LogP contribution in [0.15, 0.2) is 18.3 Å². The van der Waals surface area contributed by atoms with Crippen molar-refractivity contribution in [3.63, 3.8) is 0 Å². The molecule has 1 saturated heterocycles. The maximum atomic E-state index is 12.3. The van der Waals surface area contributed by atoms with Gasteiger partial charge in [0.2, 0.25) is 0 Å². The summed E-state index contributed by atoms with van der Waals surface area (Å²) in [5, 5.41) is 0. The summed E-state index contributed by atoms with van der Waals surface area (Å²) < 4.78 is 36.8. The average molecular weight is 217 g/mol. The van der Waals surface area contributed by atoms with Gasteiger partial charge in [0.15, 0.2) is 0 Å². The fourth-order valence-electron chi connectivity index (χ4n) is 1.75. The lowest BCUT2D eigenvalue weighted by Gasteiger charge is -2.09. The van der Waals surface area contributed by atoms with Crippen molar-refractivity contribution in [3.8, 4) is 0 Å². The van der Waals surface area contributed by atoms with Crippen molar-refractivity contribution >= 4 is 5.82 Å². The van der Waals surface area contributed by atoms with Crippen molar-refractivity contribution in [3.05, 3.63) is 23.9 Å². The predicted molar refractivity (Wildman–Crippen MR) is 49.4 cm³/mol. The van der Waals surface area contributed by atoms with Gasteiger partial charge < -0.3 is 0 Å². The topological polar surface area (TPSA) is 17.4 Å². The lowest BCUT2D eigenvalue weighted by atomic mass is 10.3. The van der Waals surface area contributed by atoms with Gasteiger partial charge in [0.25, 0.3) is 5.82 Å². The van der Waals surface area contributed by atoms with Crippen LogP contribution in [0.1, 0.15) is 18.4 Å². The Bertz CT molecular complexity index is 326. The molecule has 2 heterocycles. The monoisotopic (exact) mass is 217 g/mol. The first kappa shape index (κ1) is 10.3. The Morgan fingerprint density at radius 1 is 1.13 bits per heavy atom. The van der Waals surface area contributed by atoms with E-state index in [2.05, 4.69) is 9.88 Å². The van der Waals surface area contributed by atoms with Crippen molar-refractivity contribution < 1.29 is 18.2 Å². The van der Waals surface area contributed by atoms with E-state index in [1.165, 1.54) is 6.07 Å². The summed E-state index contributed by atoms with van der Waals surface area (Å²) in [5.74, 6) is 0.764. The van der Waals surface area contributed by atoms with Crippen molar-refractivity contribution in [2.75, 3.05) is 18.0 Å². The maximum absolute atomic E-state index is 12.3. The Morgan fingerprint density at radius 3 is 2.27 bits per heavy atom. The summed E-state index contributed by atoms with van der Waals surface area (Å²) in [4.78, 5) is 4.75. The number of halogens is 3. The molecule has 2 nitrogen and oxygen atoms in total. The number of nitrogens with zero attached hydrogens (tertiary/aromatic N) is 1. The Labute approximate surface area is 85.7 Å². The number of pyridine rings is 1. The van der Waals surface area contributed by atoms with Crippen molar-refractivity contribution in [2.24, 2.45) is 0 Å². The van der Waals surface area contributed by atoms with Gasteiger partial charge in [-0.2, -0.15) is 13.2 Å². The molecule has 0 aliphatic carbocycles. The zero-order valence-electron chi connectivity index (χ0n) is 8.14. The smallest absolute Gasteiger partial charge is 0.262 e. The molecule has 0 amide bonds. The van der Waals surface area contributed by atoms with Crippen LogP contribution in [0.25, 0.3) is 0 Å². The Hall–Kier alpha value is -1.26. The lowest BCUT2D eigenvalue weighted by Crippen LogP contribution is -2.26. The van der Waals surface area contributed by atoms with E-state index in [-0.39, 0.29) is 0 Å². The summed E-state index contributed by atoms with van der Waals surface area (Å²) in [7, 11) is 0. The predicted octanol–water partition coefficient (Wildman–Crippen LogP) is 2.12. The van der Waals surface area contributed by atoms with Gasteiger partial charge in [0.05, 0.1) is 18.7 Å². The van der Waals surface area contributed by atoms with Gasteiger partial charge in [-0.15, -0.1) is 0 Å². The summed E-state index contributed by atoms with van der Waals surface area (Å²) >= 11 is 0. The molecule has 1 N–H and O–H groups in total. The second-order valence-electron chi connectivity index (χ2n) is 3.65. The number of hydrogen-bond donors (Lipinski definition) is 0. The Balaban J connectivity index is 2.16. The van der Waals surface area contributed by atoms with Gasteiger partial charge in [-0.05, 0) is 18.9 Å². The number of H-pyrrole nitrogens is 1. The molecule has 0 radical (unpaired) electrons. The Morgan fingerprint density at radius 2 is 1.80 bits per heavy atom. The molecule has 0 atom stereocenters. The highest BCUT2D eigenvalue weighted by atomic mass is 19.4. The standard InChI is InChI=1S/C10H11F3N2/c11-10(12,13)8-3-4-9(14-7-8)15-5-1-2-6-15/h3-4,7H,1-2,5-6H2/p+1. The fourth-order valence-corrected chi connectivity index (χ4v) is 1.75. The van der Waals surface area contributed by atoms with Gasteiger partial charge in [-0.25, -0.2) is 4.98 Å². The van der Waals surface area contributed by atoms with E-state index in [0.717, 1.165) is 44.0 Å². The number of aromatic amines is 1. The van der Waals surface area contributed by atoms with E-state index in [4.69, 9.17) is 0 Å². The number of alkyl halides is 3. The molecule has 5 heteroatoms. The Kier molecular flexibility index (Phi) is 2.54. The minimum Gasteiger partial charge on any atom is -0.262 e. The molecule has 0 unspecified atom stereocenters. The molecular formula is C10H12F3N2+. The molecular weight excluding hydrogens is 205 g/mol. The molecule has 0 spiro atoms. The third kappa shape index (κ3) is 2.22. The van der Waals surface area contributed by atoms with Gasteiger partial charge in [-0.1, -0.05) is 0 Å². The normalized spacial score (nSPS) is 17.1. The highest BCUT2D eigenvalue weighted by Gasteiger charge is 2.32. The first-order chi connectivity index (χ1) is 7.07. The van der Waals surface area contributed by atoms with Gasteiger partial charge in [-0.3, -0.25) is 4.90 Å². The maximum Gasteiger partial charge on any atom is 0.419 e. The molecule has 0 saturated carbocycles. The zero-order chi connectivity index (χ0) is 10.9. The number of nitrogens with one attached hydrogen (secondary N) is 1. The highest BCUT2D eigenvalue weighted by Crippen LogP contribution is 2.28. The van der Waals surface area contributed by atoms with Crippen LogP contribution in [0.5, 0.6) is 0 Å². The van der Waals surface area contributed by atoms with Crippen molar-refractivity contribution in [2.45, 2.75) is 19.0 Å². The van der Waals surface area contributed by atoms with Crippen molar-refractivity contribution in [1.29, 1.82) is 0 Å². The fraction of sp³-hybridized carbons (Fsp3) is 0.500. The van der Waals surface area contributed by atoms with E-state index in [1.54, 1.807) is 0 Å². The average Bonchev–Trinajstić information content (AvgIpc) is 2.69. The van der Waals surface area contributed by atoms with Crippen LogP contribution in [0.4, 0.5) is 19.0 Å². The number of rotatable bonds is 1. The summed E-state index contributed by atoms with van der Waals surface area (Å²) in [6.45, 7) is 1.84. The van der Waals surface area contributed by atoms with Crippen LogP contribution in [0.3, 0.4) is 0 Å². The van der Waals surface area contributed by atoms with E-state index >= 15 is 0 Å². The SMILES string of the molecule is FC(F)(F)c1ccc(N2CCCC2)[nH+]c1. The molecule has 0 bridgehead atoms. The molecule has 82 valence electrons. The summed E-state index contributed by atoms with van der Waals surface area (Å²) in [6, 6.07) is 2.61. The van der Waals surface area contributed by atoms with E-state index in [9.17, 15) is 13.2 Å². The van der Waals surface area contributed by atoms with E-state index < -0.39 is 11.7 Å². The van der Waals surface area contributed by atoms with Gasteiger partial charge >= 0.3 is 6.18 Å². The molecule has 1 fully saturated rings. The van der Waals surface area contributed by atoms with Crippen LogP contribution in [0, 0.1) is 0 Å². The number of hydrogen-bond acceptors (Lipinski definition) is 1. The zero-order valence-corrected chi connectivity index (χ0v) is 8.14. The van der Waals surface area contributed by atoms with Gasteiger partial charge in [0, 0.05) is 6.07 Å². The first-order valence-corrected chi connectivity index (χ1v) is 4.91. The summed E-state index contributed by atoms with van der Waals surface area (Å²) in [6.07, 6.45) is -1.03. The molecule has 1 aliphatic rings. The number of aromatic nitrogens is 1. The summed E-state index contributed by atoms with van der Waals surface area (Å²) in [5.41, 5.74) is -0.634. The second kappa shape index (κ2) is 3.72. The van der Waals surface area contributed by atoms with E-state index in [0.29, 0.717) is 0 Å². The third-order valence-corrected chi connectivity index (χ3v) is 2.57. The molecule has 2 rings (SSSR count). The first-order valence-electron chi connectivity index (χ1n) is 4.91. The molecule has 1 aromatic heterocycles. The lowest BCUT2D eigenvalue weighted by molar-refractivity contribution is -0.367. The molecule has 15 heavy (non-hydrogen) atoms.